The summed E-state index contributed by atoms with van der Waals surface area (Å²) < 4.78 is 0. The summed E-state index contributed by atoms with van der Waals surface area (Å²) >= 11 is 0. The van der Waals surface area contributed by atoms with Gasteiger partial charge in [-0.3, -0.25) is 4.79 Å². The lowest BCUT2D eigenvalue weighted by atomic mass is 9.99. The van der Waals surface area contributed by atoms with Crippen LogP contribution in [0.2, 0.25) is 0 Å². The maximum Gasteiger partial charge on any atom is 0.133 e. The molecule has 2 atom stereocenters. The van der Waals surface area contributed by atoms with Gasteiger partial charge in [-0.25, -0.2) is 0 Å². The predicted octanol–water partition coefficient (Wildman–Crippen LogP) is 2.73. The molecule has 1 aliphatic rings. The number of carbonyl (C=O) groups excluding carboxylic acids is 1. The lowest BCUT2D eigenvalue weighted by Crippen LogP contribution is -2.01. The lowest BCUT2D eigenvalue weighted by Gasteiger charge is -2.09. The van der Waals surface area contributed by atoms with Crippen molar-refractivity contribution in [3.8, 4) is 0 Å². The highest BCUT2D eigenvalue weighted by molar-refractivity contribution is 5.82. The molecule has 0 radical (unpaired) electrons. The second-order valence-electron chi connectivity index (χ2n) is 4.39. The number of aliphatic hydroxyl groups is 1. The van der Waals surface area contributed by atoms with Crippen LogP contribution in [-0.2, 0) is 4.79 Å². The maximum absolute atomic E-state index is 11.0. The van der Waals surface area contributed by atoms with Gasteiger partial charge in [0.15, 0.2) is 0 Å². The van der Waals surface area contributed by atoms with Crippen molar-refractivity contribution in [1.82, 2.24) is 0 Å². The van der Waals surface area contributed by atoms with E-state index in [0.29, 0.717) is 6.42 Å². The SMILES string of the molecule is CC(=O)C/C=C1\c2ccccc2[C@H](O)[C@H]1C. The third-order valence-corrected chi connectivity index (χ3v) is 3.16. The van der Waals surface area contributed by atoms with Gasteiger partial charge in [-0.2, -0.15) is 0 Å². The number of benzene rings is 1. The second kappa shape index (κ2) is 4.22. The molecule has 0 unspecified atom stereocenters. The Bertz CT molecular complexity index is 446. The Morgan fingerprint density at radius 3 is 2.81 bits per heavy atom. The van der Waals surface area contributed by atoms with Gasteiger partial charge in [0.2, 0.25) is 0 Å². The Morgan fingerprint density at radius 1 is 1.44 bits per heavy atom. The van der Waals surface area contributed by atoms with Crippen molar-refractivity contribution < 1.29 is 9.90 Å². The van der Waals surface area contributed by atoms with Crippen LogP contribution in [0, 0.1) is 5.92 Å². The zero-order chi connectivity index (χ0) is 11.7. The molecule has 0 bridgehead atoms. The number of rotatable bonds is 2. The summed E-state index contributed by atoms with van der Waals surface area (Å²) in [7, 11) is 0. The molecule has 1 N–H and O–H groups in total. The third-order valence-electron chi connectivity index (χ3n) is 3.16. The summed E-state index contributed by atoms with van der Waals surface area (Å²) in [5.74, 6) is 0.232. The van der Waals surface area contributed by atoms with Crippen molar-refractivity contribution in [1.29, 1.82) is 0 Å². The number of aliphatic hydroxyl groups excluding tert-OH is 1. The van der Waals surface area contributed by atoms with Crippen LogP contribution in [-0.4, -0.2) is 10.9 Å². The highest BCUT2D eigenvalue weighted by Gasteiger charge is 2.31. The van der Waals surface area contributed by atoms with Crippen LogP contribution in [0.25, 0.3) is 5.57 Å². The predicted molar refractivity (Wildman–Crippen MR) is 63.8 cm³/mol. The van der Waals surface area contributed by atoms with Gasteiger partial charge in [0.1, 0.15) is 5.78 Å². The van der Waals surface area contributed by atoms with E-state index in [1.807, 2.05) is 37.3 Å². The average molecular weight is 216 g/mol. The van der Waals surface area contributed by atoms with Gasteiger partial charge in [0.05, 0.1) is 6.10 Å². The molecular weight excluding hydrogens is 200 g/mol. The Hall–Kier alpha value is -1.41. The van der Waals surface area contributed by atoms with Gasteiger partial charge in [-0.15, -0.1) is 0 Å². The first kappa shape index (κ1) is 11.1. The minimum Gasteiger partial charge on any atom is -0.388 e. The molecule has 0 fully saturated rings. The molecule has 0 saturated heterocycles. The minimum atomic E-state index is -0.436. The number of ketones is 1. The molecule has 2 nitrogen and oxygen atoms in total. The second-order valence-corrected chi connectivity index (χ2v) is 4.39. The van der Waals surface area contributed by atoms with Crippen LogP contribution < -0.4 is 0 Å². The zero-order valence-corrected chi connectivity index (χ0v) is 9.60. The fourth-order valence-corrected chi connectivity index (χ4v) is 2.25. The van der Waals surface area contributed by atoms with Crippen LogP contribution >= 0.6 is 0 Å². The Morgan fingerprint density at radius 2 is 2.12 bits per heavy atom. The van der Waals surface area contributed by atoms with E-state index in [4.69, 9.17) is 0 Å². The van der Waals surface area contributed by atoms with Crippen molar-refractivity contribution in [2.24, 2.45) is 5.92 Å². The Kier molecular flexibility index (Phi) is 2.92. The Balaban J connectivity index is 2.41. The minimum absolute atomic E-state index is 0.0803. The van der Waals surface area contributed by atoms with Crippen molar-refractivity contribution in [2.75, 3.05) is 0 Å². The summed E-state index contributed by atoms with van der Waals surface area (Å²) in [5, 5.41) is 10.1. The van der Waals surface area contributed by atoms with Crippen LogP contribution in [0.4, 0.5) is 0 Å². The van der Waals surface area contributed by atoms with Gasteiger partial charge in [-0.05, 0) is 23.6 Å². The summed E-state index contributed by atoms with van der Waals surface area (Å²) in [6.07, 6.45) is 1.96. The molecule has 0 spiro atoms. The van der Waals surface area contributed by atoms with Crippen molar-refractivity contribution >= 4 is 11.4 Å². The monoisotopic (exact) mass is 216 g/mol. The summed E-state index contributed by atoms with van der Waals surface area (Å²) in [4.78, 5) is 11.0. The first-order valence-corrected chi connectivity index (χ1v) is 5.58. The van der Waals surface area contributed by atoms with Gasteiger partial charge >= 0.3 is 0 Å². The smallest absolute Gasteiger partial charge is 0.133 e. The van der Waals surface area contributed by atoms with E-state index in [2.05, 4.69) is 0 Å². The van der Waals surface area contributed by atoms with Gasteiger partial charge < -0.3 is 5.11 Å². The van der Waals surface area contributed by atoms with Gasteiger partial charge in [0.25, 0.3) is 0 Å². The molecule has 84 valence electrons. The molecule has 0 saturated carbocycles. The number of hydrogen-bond acceptors (Lipinski definition) is 2. The molecule has 2 rings (SSSR count). The van der Waals surface area contributed by atoms with E-state index >= 15 is 0 Å². The van der Waals surface area contributed by atoms with E-state index in [1.54, 1.807) is 6.92 Å². The van der Waals surface area contributed by atoms with E-state index in [-0.39, 0.29) is 11.7 Å². The van der Waals surface area contributed by atoms with E-state index < -0.39 is 6.10 Å². The number of Topliss-reactive ketones (excluding diaryl/α,β-unsaturated/α-hetero) is 1. The maximum atomic E-state index is 11.0. The van der Waals surface area contributed by atoms with Gasteiger partial charge in [0, 0.05) is 12.3 Å². The molecule has 0 aromatic heterocycles. The number of fused-ring (bicyclic) bond motifs is 1. The molecule has 0 heterocycles. The molecule has 16 heavy (non-hydrogen) atoms. The molecule has 0 amide bonds. The number of hydrogen-bond donors (Lipinski definition) is 1. The number of allylic oxidation sites excluding steroid dienone is 1. The Labute approximate surface area is 95.6 Å². The molecule has 0 aliphatic heterocycles. The summed E-state index contributed by atoms with van der Waals surface area (Å²) in [6, 6.07) is 7.85. The highest BCUT2D eigenvalue weighted by atomic mass is 16.3. The topological polar surface area (TPSA) is 37.3 Å². The molecular formula is C14H16O2. The fourth-order valence-electron chi connectivity index (χ4n) is 2.25. The fraction of sp³-hybridized carbons (Fsp3) is 0.357. The average Bonchev–Trinajstić information content (AvgIpc) is 2.50. The van der Waals surface area contributed by atoms with Crippen LogP contribution in [0.1, 0.15) is 37.5 Å². The van der Waals surface area contributed by atoms with Crippen LogP contribution in [0.15, 0.2) is 30.3 Å². The third kappa shape index (κ3) is 1.81. The zero-order valence-electron chi connectivity index (χ0n) is 9.60. The van der Waals surface area contributed by atoms with Crippen LogP contribution in [0.3, 0.4) is 0 Å². The molecule has 1 aromatic carbocycles. The van der Waals surface area contributed by atoms with Crippen molar-refractivity contribution in [3.05, 3.63) is 41.5 Å². The summed E-state index contributed by atoms with van der Waals surface area (Å²) in [5.41, 5.74) is 3.16. The van der Waals surface area contributed by atoms with Crippen LogP contribution in [0.5, 0.6) is 0 Å². The van der Waals surface area contributed by atoms with E-state index in [1.165, 1.54) is 0 Å². The van der Waals surface area contributed by atoms with E-state index in [9.17, 15) is 9.90 Å². The van der Waals surface area contributed by atoms with Crippen molar-refractivity contribution in [2.45, 2.75) is 26.4 Å². The van der Waals surface area contributed by atoms with E-state index in [0.717, 1.165) is 16.7 Å². The first-order valence-electron chi connectivity index (χ1n) is 5.58. The lowest BCUT2D eigenvalue weighted by molar-refractivity contribution is -0.116. The first-order chi connectivity index (χ1) is 7.61. The van der Waals surface area contributed by atoms with Gasteiger partial charge in [-0.1, -0.05) is 37.3 Å². The normalized spacial score (nSPS) is 25.8. The number of carbonyl (C=O) groups is 1. The summed E-state index contributed by atoms with van der Waals surface area (Å²) in [6.45, 7) is 3.58. The largest absolute Gasteiger partial charge is 0.388 e. The molecule has 1 aliphatic carbocycles. The quantitative estimate of drug-likeness (QED) is 0.825. The molecule has 2 heteroatoms. The molecule has 1 aromatic rings. The standard InChI is InChI=1S/C14H16O2/c1-9(15)7-8-11-10(2)14(16)13-6-4-3-5-12(11)13/h3-6,8,10,14,16H,7H2,1-2H3/b11-8-/t10-,14+/m0/s1. The van der Waals surface area contributed by atoms with Crippen molar-refractivity contribution in [3.63, 3.8) is 0 Å². The highest BCUT2D eigenvalue weighted by Crippen LogP contribution is 2.44.